The van der Waals surface area contributed by atoms with Crippen LogP contribution in [0.2, 0.25) is 5.02 Å². The van der Waals surface area contributed by atoms with E-state index in [9.17, 15) is 23.1 Å². The number of alkyl halides is 3. The molecule has 0 bridgehead atoms. The van der Waals surface area contributed by atoms with Crippen molar-refractivity contribution in [3.8, 4) is 17.1 Å². The largest absolute Gasteiger partial charge is 0.508 e. The highest BCUT2D eigenvalue weighted by molar-refractivity contribution is 6.34. The highest BCUT2D eigenvalue weighted by Gasteiger charge is 2.35. The number of furan rings is 1. The van der Waals surface area contributed by atoms with Gasteiger partial charge in [0.25, 0.3) is 0 Å². The van der Waals surface area contributed by atoms with E-state index in [2.05, 4.69) is 5.32 Å². The van der Waals surface area contributed by atoms with Crippen LogP contribution in [0.3, 0.4) is 0 Å². The lowest BCUT2D eigenvalue weighted by Gasteiger charge is -2.19. The Morgan fingerprint density at radius 1 is 1.17 bits per heavy atom. The van der Waals surface area contributed by atoms with Gasteiger partial charge in [-0.15, -0.1) is 0 Å². The molecule has 0 aliphatic heterocycles. The first-order valence-corrected chi connectivity index (χ1v) is 8.74. The second-order valence-corrected chi connectivity index (χ2v) is 6.50. The molecule has 9 heteroatoms. The van der Waals surface area contributed by atoms with E-state index >= 15 is 0 Å². The van der Waals surface area contributed by atoms with E-state index in [0.717, 1.165) is 6.07 Å². The van der Waals surface area contributed by atoms with Gasteiger partial charge in [-0.25, -0.2) is 4.79 Å². The number of benzene rings is 2. The molecule has 0 radical (unpaired) electrons. The maximum absolute atomic E-state index is 13.2. The number of carbonyl (C=O) groups is 1. The molecule has 3 aromatic rings. The van der Waals surface area contributed by atoms with Crippen LogP contribution in [0.4, 0.5) is 23.7 Å². The standard InChI is InChI=1S/C20H15ClF3NO4/c1-11(14-4-2-3-5-15(14)20(22,23)24)29-19(27)25-17-16(21)10-28-18(17)12-6-8-13(26)9-7-12/h2-11,26H,1H3,(H,25,27)/t11-/m1/s1. The smallest absolute Gasteiger partial charge is 0.416 e. The Kier molecular flexibility index (Phi) is 5.74. The summed E-state index contributed by atoms with van der Waals surface area (Å²) in [5.41, 5.74) is -0.447. The van der Waals surface area contributed by atoms with Crippen LogP contribution in [-0.2, 0) is 10.9 Å². The monoisotopic (exact) mass is 425 g/mol. The van der Waals surface area contributed by atoms with Gasteiger partial charge in [0.05, 0.1) is 5.56 Å². The summed E-state index contributed by atoms with van der Waals surface area (Å²) in [6.07, 6.45) is -5.56. The minimum atomic E-state index is -4.58. The van der Waals surface area contributed by atoms with E-state index in [-0.39, 0.29) is 27.8 Å². The molecule has 3 rings (SSSR count). The molecule has 1 aromatic heterocycles. The fraction of sp³-hybridized carbons (Fsp3) is 0.150. The molecule has 2 N–H and O–H groups in total. The van der Waals surface area contributed by atoms with Crippen molar-refractivity contribution >= 4 is 23.4 Å². The van der Waals surface area contributed by atoms with E-state index in [1.165, 1.54) is 43.5 Å². The van der Waals surface area contributed by atoms with Gasteiger partial charge >= 0.3 is 12.3 Å². The van der Waals surface area contributed by atoms with Crippen molar-refractivity contribution in [3.63, 3.8) is 0 Å². The Morgan fingerprint density at radius 3 is 2.48 bits per heavy atom. The fourth-order valence-corrected chi connectivity index (χ4v) is 2.92. The van der Waals surface area contributed by atoms with Crippen molar-refractivity contribution < 1.29 is 32.2 Å². The van der Waals surface area contributed by atoms with Crippen LogP contribution in [0.25, 0.3) is 11.3 Å². The van der Waals surface area contributed by atoms with Gasteiger partial charge < -0.3 is 14.3 Å². The van der Waals surface area contributed by atoms with Crippen LogP contribution >= 0.6 is 11.6 Å². The van der Waals surface area contributed by atoms with E-state index in [4.69, 9.17) is 20.8 Å². The molecule has 29 heavy (non-hydrogen) atoms. The van der Waals surface area contributed by atoms with E-state index < -0.39 is 23.9 Å². The van der Waals surface area contributed by atoms with Crippen molar-refractivity contribution in [1.82, 2.24) is 0 Å². The number of rotatable bonds is 4. The zero-order valence-corrected chi connectivity index (χ0v) is 15.7. The lowest BCUT2D eigenvalue weighted by Crippen LogP contribution is -2.19. The van der Waals surface area contributed by atoms with Crippen LogP contribution in [0.1, 0.15) is 24.2 Å². The number of hydrogen-bond donors (Lipinski definition) is 2. The number of phenols is 1. The highest BCUT2D eigenvalue weighted by Crippen LogP contribution is 2.38. The summed E-state index contributed by atoms with van der Waals surface area (Å²) in [6, 6.07) is 10.8. The van der Waals surface area contributed by atoms with Gasteiger partial charge in [0.1, 0.15) is 28.8 Å². The van der Waals surface area contributed by atoms with E-state index in [1.807, 2.05) is 0 Å². The molecule has 1 atom stereocenters. The summed E-state index contributed by atoms with van der Waals surface area (Å²) >= 11 is 6.05. The fourth-order valence-electron chi connectivity index (χ4n) is 2.74. The van der Waals surface area contributed by atoms with Crippen molar-refractivity contribution in [2.24, 2.45) is 0 Å². The van der Waals surface area contributed by atoms with E-state index in [1.54, 1.807) is 12.1 Å². The molecule has 0 fully saturated rings. The Hall–Kier alpha value is -3.13. The second-order valence-electron chi connectivity index (χ2n) is 6.09. The van der Waals surface area contributed by atoms with Crippen molar-refractivity contribution in [1.29, 1.82) is 0 Å². The third-order valence-electron chi connectivity index (χ3n) is 4.09. The number of nitrogens with one attached hydrogen (secondary N) is 1. The molecule has 0 unspecified atom stereocenters. The van der Waals surface area contributed by atoms with Gasteiger partial charge in [0.15, 0.2) is 5.76 Å². The van der Waals surface area contributed by atoms with Gasteiger partial charge in [-0.2, -0.15) is 13.2 Å². The number of phenolic OH excluding ortho intramolecular Hbond substituents is 1. The summed E-state index contributed by atoms with van der Waals surface area (Å²) < 4.78 is 50.0. The molecule has 1 amide bonds. The van der Waals surface area contributed by atoms with Crippen LogP contribution in [0.5, 0.6) is 5.75 Å². The normalized spacial score (nSPS) is 12.4. The average molecular weight is 426 g/mol. The molecule has 0 saturated carbocycles. The molecule has 0 aliphatic carbocycles. The predicted molar refractivity (Wildman–Crippen MR) is 101 cm³/mol. The number of anilines is 1. The molecule has 5 nitrogen and oxygen atoms in total. The molecular weight excluding hydrogens is 411 g/mol. The Bertz CT molecular complexity index is 1020. The number of hydrogen-bond acceptors (Lipinski definition) is 4. The molecule has 0 spiro atoms. The third kappa shape index (κ3) is 4.65. The van der Waals surface area contributed by atoms with Gasteiger partial charge in [-0.05, 0) is 37.3 Å². The maximum Gasteiger partial charge on any atom is 0.416 e. The summed E-state index contributed by atoms with van der Waals surface area (Å²) in [5, 5.41) is 11.9. The molecule has 0 aliphatic rings. The second kappa shape index (κ2) is 8.08. The van der Waals surface area contributed by atoms with Gasteiger partial charge in [0, 0.05) is 11.1 Å². The Labute approximate surface area is 168 Å². The Balaban J connectivity index is 1.79. The minimum absolute atomic E-state index is 0.0393. The van der Waals surface area contributed by atoms with Crippen molar-refractivity contribution in [2.45, 2.75) is 19.2 Å². The zero-order chi connectivity index (χ0) is 21.2. The number of ether oxygens (including phenoxy) is 1. The Morgan fingerprint density at radius 2 is 1.83 bits per heavy atom. The van der Waals surface area contributed by atoms with Gasteiger partial charge in [0.2, 0.25) is 0 Å². The molecular formula is C20H15ClF3NO4. The SMILES string of the molecule is C[C@@H](OC(=O)Nc1c(Cl)coc1-c1ccc(O)cc1)c1ccccc1C(F)(F)F. The lowest BCUT2D eigenvalue weighted by atomic mass is 10.0. The highest BCUT2D eigenvalue weighted by atomic mass is 35.5. The summed E-state index contributed by atoms with van der Waals surface area (Å²) in [7, 11) is 0. The van der Waals surface area contributed by atoms with E-state index in [0.29, 0.717) is 5.56 Å². The predicted octanol–water partition coefficient (Wildman–Crippen LogP) is 6.63. The molecule has 1 heterocycles. The van der Waals surface area contributed by atoms with Crippen LogP contribution in [-0.4, -0.2) is 11.2 Å². The van der Waals surface area contributed by atoms with Crippen molar-refractivity contribution in [2.75, 3.05) is 5.32 Å². The van der Waals surface area contributed by atoms with Gasteiger partial charge in [-0.3, -0.25) is 5.32 Å². The third-order valence-corrected chi connectivity index (χ3v) is 4.37. The molecule has 2 aromatic carbocycles. The zero-order valence-electron chi connectivity index (χ0n) is 15.0. The molecule has 152 valence electrons. The van der Waals surface area contributed by atoms with Crippen LogP contribution < -0.4 is 5.32 Å². The maximum atomic E-state index is 13.2. The first-order valence-electron chi connectivity index (χ1n) is 8.37. The van der Waals surface area contributed by atoms with Gasteiger partial charge in [-0.1, -0.05) is 29.8 Å². The minimum Gasteiger partial charge on any atom is -0.508 e. The number of carbonyl (C=O) groups excluding carboxylic acids is 1. The average Bonchev–Trinajstić information content (AvgIpc) is 3.02. The number of halogens is 4. The van der Waals surface area contributed by atoms with Crippen molar-refractivity contribution in [3.05, 3.63) is 70.9 Å². The first kappa shape index (κ1) is 20.6. The first-order chi connectivity index (χ1) is 13.7. The summed E-state index contributed by atoms with van der Waals surface area (Å²) in [5.74, 6) is 0.243. The van der Waals surface area contributed by atoms with Crippen LogP contribution in [0.15, 0.2) is 59.2 Å². The van der Waals surface area contributed by atoms with Crippen LogP contribution in [0, 0.1) is 0 Å². The lowest BCUT2D eigenvalue weighted by molar-refractivity contribution is -0.139. The number of amides is 1. The molecule has 0 saturated heterocycles. The summed E-state index contributed by atoms with van der Waals surface area (Å²) in [6.45, 7) is 1.34. The topological polar surface area (TPSA) is 71.7 Å². The quantitative estimate of drug-likeness (QED) is 0.492. The summed E-state index contributed by atoms with van der Waals surface area (Å²) in [4.78, 5) is 12.3. The number of aromatic hydroxyl groups is 1.